The second-order valence-electron chi connectivity index (χ2n) is 12.1. The number of imidazole rings is 1. The summed E-state index contributed by atoms with van der Waals surface area (Å²) in [6.45, 7) is 8.28. The smallest absolute Gasteiger partial charge is 0.236 e. The Labute approximate surface area is 270 Å². The van der Waals surface area contributed by atoms with Crippen molar-refractivity contribution in [1.29, 1.82) is 0 Å². The molecule has 0 aliphatic carbocycles. The molecule has 0 bridgehead atoms. The molecular weight excluding hydrogens is 606 g/mol. The molecule has 0 spiro atoms. The quantitative estimate of drug-likeness (QED) is 0.247. The summed E-state index contributed by atoms with van der Waals surface area (Å²) >= 11 is 1.44. The minimum Gasteiger partial charge on any atom is -0.391 e. The fourth-order valence-electron chi connectivity index (χ4n) is 6.48. The van der Waals surface area contributed by atoms with Gasteiger partial charge in [0.05, 0.1) is 35.4 Å². The number of aliphatic hydroxyl groups excluding tert-OH is 1. The lowest BCUT2D eigenvalue weighted by atomic mass is 10.0. The molecule has 8 nitrogen and oxygen atoms in total. The number of fused-ring (bicyclic) bond motifs is 1. The highest BCUT2D eigenvalue weighted by molar-refractivity contribution is 7.13. The number of piperazine rings is 1. The standard InChI is InChI=1S/C35H36F2N6O2S/c1-3-29-34(28-10-9-27(22(2)33(28)37)35-39-30(21-46-35)23-4-6-24(36)7-5-23)43-18-25(8-11-31(43)38-29)41-16-14-40(15-17-41)20-32(45)42-13-12-26(44)19-42/h4-11,18,21,26,44H,3,12-17,19-20H2,1-2H3/t26-/m0/s1. The van der Waals surface area contributed by atoms with Gasteiger partial charge < -0.3 is 14.9 Å². The second-order valence-corrected chi connectivity index (χ2v) is 12.9. The number of carbonyl (C=O) groups is 1. The highest BCUT2D eigenvalue weighted by Gasteiger charge is 2.28. The number of aryl methyl sites for hydroxylation is 1. The van der Waals surface area contributed by atoms with Crippen molar-refractivity contribution >= 4 is 28.6 Å². The molecule has 0 saturated carbocycles. The Morgan fingerprint density at radius 1 is 0.978 bits per heavy atom. The predicted octanol–water partition coefficient (Wildman–Crippen LogP) is 5.66. The molecule has 2 aliphatic heterocycles. The maximum absolute atomic E-state index is 16.3. The van der Waals surface area contributed by atoms with Crippen LogP contribution >= 0.6 is 11.3 Å². The number of rotatable bonds is 7. The SMILES string of the molecule is CCc1nc2ccc(N3CCN(CC(=O)N4CC[C@H](O)C4)CC3)cn2c1-c1ccc(-c2nc(-c3ccc(F)cc3)cs2)c(C)c1F. The molecule has 7 rings (SSSR count). The number of halogens is 2. The van der Waals surface area contributed by atoms with Crippen LogP contribution in [0.4, 0.5) is 14.5 Å². The van der Waals surface area contributed by atoms with E-state index in [2.05, 4.69) is 15.9 Å². The summed E-state index contributed by atoms with van der Waals surface area (Å²) in [6.07, 6.45) is 2.94. The number of benzene rings is 2. The summed E-state index contributed by atoms with van der Waals surface area (Å²) in [5.41, 5.74) is 6.62. The number of aliphatic hydroxyl groups is 1. The Morgan fingerprint density at radius 3 is 2.46 bits per heavy atom. The van der Waals surface area contributed by atoms with Crippen LogP contribution in [-0.4, -0.2) is 87.1 Å². The highest BCUT2D eigenvalue weighted by Crippen LogP contribution is 2.37. The molecule has 1 amide bonds. The van der Waals surface area contributed by atoms with Crippen molar-refractivity contribution in [3.05, 3.63) is 83.0 Å². The summed E-state index contributed by atoms with van der Waals surface area (Å²) in [6, 6.07) is 14.0. The van der Waals surface area contributed by atoms with Gasteiger partial charge in [-0.1, -0.05) is 13.0 Å². The van der Waals surface area contributed by atoms with Gasteiger partial charge in [-0.3, -0.25) is 14.1 Å². The number of β-amino-alcohol motifs (C(OH)–C–C–N with tert-alkyl or cyclic N) is 1. The molecule has 0 radical (unpaired) electrons. The lowest BCUT2D eigenvalue weighted by Crippen LogP contribution is -2.50. The lowest BCUT2D eigenvalue weighted by molar-refractivity contribution is -0.131. The largest absolute Gasteiger partial charge is 0.391 e. The lowest BCUT2D eigenvalue weighted by Gasteiger charge is -2.36. The molecule has 238 valence electrons. The molecule has 1 N–H and O–H groups in total. The van der Waals surface area contributed by atoms with Crippen LogP contribution in [-0.2, 0) is 11.2 Å². The van der Waals surface area contributed by atoms with E-state index in [0.717, 1.165) is 65.7 Å². The van der Waals surface area contributed by atoms with Crippen LogP contribution in [0.3, 0.4) is 0 Å². The van der Waals surface area contributed by atoms with Gasteiger partial charge in [0.1, 0.15) is 22.3 Å². The maximum Gasteiger partial charge on any atom is 0.236 e. The Kier molecular flexibility index (Phi) is 8.31. The molecule has 2 saturated heterocycles. The first kappa shape index (κ1) is 30.5. The number of thiazole rings is 1. The maximum atomic E-state index is 16.3. The van der Waals surface area contributed by atoms with Gasteiger partial charge in [0.2, 0.25) is 5.91 Å². The zero-order valence-electron chi connectivity index (χ0n) is 25.9. The highest BCUT2D eigenvalue weighted by atomic mass is 32.1. The monoisotopic (exact) mass is 642 g/mol. The van der Waals surface area contributed by atoms with Gasteiger partial charge in [0.25, 0.3) is 0 Å². The van der Waals surface area contributed by atoms with E-state index in [4.69, 9.17) is 9.97 Å². The van der Waals surface area contributed by atoms with Crippen LogP contribution < -0.4 is 4.90 Å². The number of anilines is 1. The van der Waals surface area contributed by atoms with E-state index >= 15 is 4.39 Å². The van der Waals surface area contributed by atoms with E-state index in [-0.39, 0.29) is 17.5 Å². The zero-order chi connectivity index (χ0) is 31.9. The number of amides is 1. The average Bonchev–Trinajstić information content (AvgIpc) is 3.81. The van der Waals surface area contributed by atoms with E-state index < -0.39 is 6.10 Å². The summed E-state index contributed by atoms with van der Waals surface area (Å²) in [4.78, 5) is 28.5. The van der Waals surface area contributed by atoms with Gasteiger partial charge in [-0.15, -0.1) is 11.3 Å². The third kappa shape index (κ3) is 5.78. The van der Waals surface area contributed by atoms with Crippen molar-refractivity contribution in [2.24, 2.45) is 0 Å². The van der Waals surface area contributed by atoms with Crippen molar-refractivity contribution in [2.45, 2.75) is 32.8 Å². The second kappa shape index (κ2) is 12.5. The van der Waals surface area contributed by atoms with Crippen LogP contribution in [0, 0.1) is 18.6 Å². The Balaban J connectivity index is 1.13. The Morgan fingerprint density at radius 2 is 1.74 bits per heavy atom. The first-order chi connectivity index (χ1) is 22.3. The topological polar surface area (TPSA) is 77.2 Å². The summed E-state index contributed by atoms with van der Waals surface area (Å²) < 4.78 is 31.7. The molecule has 2 fully saturated rings. The van der Waals surface area contributed by atoms with Crippen LogP contribution in [0.1, 0.15) is 24.6 Å². The molecular formula is C35H36F2N6O2S. The number of hydrogen-bond donors (Lipinski definition) is 1. The first-order valence-electron chi connectivity index (χ1n) is 15.7. The summed E-state index contributed by atoms with van der Waals surface area (Å²) in [5.74, 6) is -0.528. The number of aromatic nitrogens is 3. The first-order valence-corrected chi connectivity index (χ1v) is 16.6. The van der Waals surface area contributed by atoms with Crippen LogP contribution in [0.25, 0.3) is 38.7 Å². The third-order valence-corrected chi connectivity index (χ3v) is 10.0. The Bertz CT molecular complexity index is 1900. The van der Waals surface area contributed by atoms with Crippen molar-refractivity contribution < 1.29 is 18.7 Å². The van der Waals surface area contributed by atoms with Crippen LogP contribution in [0.2, 0.25) is 0 Å². The zero-order valence-corrected chi connectivity index (χ0v) is 26.7. The third-order valence-electron chi connectivity index (χ3n) is 9.14. The normalized spacial score (nSPS) is 17.4. The fourth-order valence-corrected chi connectivity index (χ4v) is 7.39. The van der Waals surface area contributed by atoms with Gasteiger partial charge in [0, 0.05) is 67.5 Å². The molecule has 5 heterocycles. The number of pyridine rings is 1. The predicted molar refractivity (Wildman–Crippen MR) is 177 cm³/mol. The van der Waals surface area contributed by atoms with Gasteiger partial charge in [0.15, 0.2) is 0 Å². The Hall–Kier alpha value is -4.19. The molecule has 0 unspecified atom stereocenters. The molecule has 2 aliphatic rings. The number of likely N-dealkylation sites (tertiary alicyclic amines) is 1. The number of nitrogens with zero attached hydrogens (tertiary/aromatic N) is 6. The van der Waals surface area contributed by atoms with E-state index in [0.29, 0.717) is 48.6 Å². The van der Waals surface area contributed by atoms with Crippen molar-refractivity contribution in [1.82, 2.24) is 24.2 Å². The van der Waals surface area contributed by atoms with Crippen molar-refractivity contribution in [2.75, 3.05) is 50.7 Å². The van der Waals surface area contributed by atoms with E-state index in [1.807, 2.05) is 41.1 Å². The molecule has 46 heavy (non-hydrogen) atoms. The number of carbonyl (C=O) groups excluding carboxylic acids is 1. The van der Waals surface area contributed by atoms with Crippen molar-refractivity contribution in [3.63, 3.8) is 0 Å². The van der Waals surface area contributed by atoms with E-state index in [1.54, 1.807) is 24.0 Å². The van der Waals surface area contributed by atoms with Gasteiger partial charge in [-0.05, 0) is 67.8 Å². The van der Waals surface area contributed by atoms with E-state index in [1.165, 1.54) is 23.5 Å². The average molecular weight is 643 g/mol. The summed E-state index contributed by atoms with van der Waals surface area (Å²) in [7, 11) is 0. The molecule has 3 aromatic heterocycles. The molecule has 1 atom stereocenters. The van der Waals surface area contributed by atoms with Crippen LogP contribution in [0.15, 0.2) is 60.1 Å². The van der Waals surface area contributed by atoms with E-state index in [9.17, 15) is 14.3 Å². The molecule has 5 aromatic rings. The van der Waals surface area contributed by atoms with Gasteiger partial charge in [-0.25, -0.2) is 18.7 Å². The number of hydrogen-bond acceptors (Lipinski definition) is 7. The fraction of sp³-hybridized carbons (Fsp3) is 0.343. The van der Waals surface area contributed by atoms with Crippen molar-refractivity contribution in [3.8, 4) is 33.1 Å². The summed E-state index contributed by atoms with van der Waals surface area (Å²) in [5, 5.41) is 12.4. The van der Waals surface area contributed by atoms with Gasteiger partial charge >= 0.3 is 0 Å². The van der Waals surface area contributed by atoms with Gasteiger partial charge in [-0.2, -0.15) is 0 Å². The minimum absolute atomic E-state index is 0.0769. The molecule has 2 aromatic carbocycles. The van der Waals surface area contributed by atoms with Crippen LogP contribution in [0.5, 0.6) is 0 Å². The minimum atomic E-state index is -0.410. The molecule has 11 heteroatoms.